The van der Waals surface area contributed by atoms with Crippen molar-refractivity contribution in [1.29, 1.82) is 0 Å². The maximum Gasteiger partial charge on any atom is 0.332 e. The van der Waals surface area contributed by atoms with Crippen molar-refractivity contribution < 1.29 is 9.66 Å². The van der Waals surface area contributed by atoms with Crippen LogP contribution in [0.5, 0.6) is 0 Å². The molecule has 2 heterocycles. The highest BCUT2D eigenvalue weighted by Crippen LogP contribution is 2.31. The summed E-state index contributed by atoms with van der Waals surface area (Å²) in [5.74, 6) is 0.806. The predicted octanol–water partition coefficient (Wildman–Crippen LogP) is 1.74. The van der Waals surface area contributed by atoms with Gasteiger partial charge in [0.1, 0.15) is 5.69 Å². The number of ether oxygens (including phenoxy) is 1. The second-order valence-electron chi connectivity index (χ2n) is 5.04. The minimum Gasteiger partial charge on any atom is -0.380 e. The number of rotatable bonds is 5. The van der Waals surface area contributed by atoms with Crippen molar-refractivity contribution in [1.82, 2.24) is 9.97 Å². The average Bonchev–Trinajstić information content (AvgIpc) is 2.46. The molecule has 1 fully saturated rings. The second-order valence-corrected chi connectivity index (χ2v) is 5.04. The number of aryl methyl sites for hydroxylation is 1. The Morgan fingerprint density at radius 3 is 2.90 bits per heavy atom. The third kappa shape index (κ3) is 3.38. The van der Waals surface area contributed by atoms with E-state index in [4.69, 9.17) is 4.74 Å². The van der Waals surface area contributed by atoms with Gasteiger partial charge in [-0.05, 0) is 26.7 Å². The number of nitrogens with one attached hydrogen (secondary N) is 1. The molecular formula is C13H21N5O3. The van der Waals surface area contributed by atoms with Crippen LogP contribution in [0, 0.1) is 17.0 Å². The fourth-order valence-corrected chi connectivity index (χ4v) is 2.55. The van der Waals surface area contributed by atoms with Crippen molar-refractivity contribution in [2.24, 2.45) is 0 Å². The molecule has 8 heteroatoms. The van der Waals surface area contributed by atoms with Gasteiger partial charge in [0.05, 0.1) is 11.0 Å². The van der Waals surface area contributed by atoms with Crippen LogP contribution in [-0.4, -0.2) is 47.7 Å². The molecule has 0 aromatic carbocycles. The van der Waals surface area contributed by atoms with Crippen molar-refractivity contribution in [2.45, 2.75) is 32.8 Å². The van der Waals surface area contributed by atoms with E-state index < -0.39 is 4.92 Å². The van der Waals surface area contributed by atoms with Crippen LogP contribution in [0.2, 0.25) is 0 Å². The molecule has 0 aliphatic carbocycles. The summed E-state index contributed by atoms with van der Waals surface area (Å²) in [4.78, 5) is 21.4. The summed E-state index contributed by atoms with van der Waals surface area (Å²) in [5, 5.41) is 14.4. The lowest BCUT2D eigenvalue weighted by Gasteiger charge is -2.32. The molecule has 0 saturated carbocycles. The molecule has 21 heavy (non-hydrogen) atoms. The molecule has 0 spiro atoms. The third-order valence-corrected chi connectivity index (χ3v) is 3.57. The number of nitro groups is 1. The van der Waals surface area contributed by atoms with Gasteiger partial charge in [0.2, 0.25) is 11.8 Å². The zero-order chi connectivity index (χ0) is 15.4. The summed E-state index contributed by atoms with van der Waals surface area (Å²) in [6.07, 6.45) is 1.97. The SMILES string of the molecule is CCNc1nc(C)c([N+](=O)[O-])c(N2CCCC(OC)C2)n1. The average molecular weight is 295 g/mol. The van der Waals surface area contributed by atoms with Gasteiger partial charge in [-0.25, -0.2) is 4.98 Å². The van der Waals surface area contributed by atoms with Crippen LogP contribution >= 0.6 is 0 Å². The fraction of sp³-hybridized carbons (Fsp3) is 0.692. The number of nitrogens with zero attached hydrogens (tertiary/aromatic N) is 4. The zero-order valence-corrected chi connectivity index (χ0v) is 12.6. The van der Waals surface area contributed by atoms with Gasteiger partial charge in [-0.3, -0.25) is 10.1 Å². The maximum atomic E-state index is 11.4. The Morgan fingerprint density at radius 2 is 2.29 bits per heavy atom. The molecule has 1 unspecified atom stereocenters. The topological polar surface area (TPSA) is 93.4 Å². The molecule has 1 aromatic heterocycles. The minimum atomic E-state index is -0.406. The highest BCUT2D eigenvalue weighted by Gasteiger charge is 2.29. The molecule has 2 rings (SSSR count). The van der Waals surface area contributed by atoms with Crippen LogP contribution in [0.1, 0.15) is 25.5 Å². The minimum absolute atomic E-state index is 0.0200. The molecule has 0 radical (unpaired) electrons. The van der Waals surface area contributed by atoms with Gasteiger partial charge in [-0.1, -0.05) is 0 Å². The molecule has 1 aromatic rings. The molecule has 1 aliphatic rings. The first-order valence-corrected chi connectivity index (χ1v) is 7.11. The van der Waals surface area contributed by atoms with Gasteiger partial charge in [-0.15, -0.1) is 0 Å². The van der Waals surface area contributed by atoms with E-state index in [0.717, 1.165) is 19.4 Å². The number of methoxy groups -OCH3 is 1. The number of piperidine rings is 1. The van der Waals surface area contributed by atoms with Gasteiger partial charge in [-0.2, -0.15) is 4.98 Å². The first kappa shape index (κ1) is 15.4. The van der Waals surface area contributed by atoms with E-state index in [9.17, 15) is 10.1 Å². The monoisotopic (exact) mass is 295 g/mol. The van der Waals surface area contributed by atoms with Crippen LogP contribution in [-0.2, 0) is 4.74 Å². The number of hydrogen-bond donors (Lipinski definition) is 1. The smallest absolute Gasteiger partial charge is 0.332 e. The lowest BCUT2D eigenvalue weighted by atomic mass is 10.1. The highest BCUT2D eigenvalue weighted by molar-refractivity contribution is 5.62. The van der Waals surface area contributed by atoms with Crippen molar-refractivity contribution >= 4 is 17.5 Å². The summed E-state index contributed by atoms with van der Waals surface area (Å²) in [6.45, 7) is 5.59. The number of anilines is 2. The van der Waals surface area contributed by atoms with Crippen molar-refractivity contribution in [3.63, 3.8) is 0 Å². The van der Waals surface area contributed by atoms with Crippen molar-refractivity contribution in [3.05, 3.63) is 15.8 Å². The largest absolute Gasteiger partial charge is 0.380 e. The molecule has 8 nitrogen and oxygen atoms in total. The molecule has 0 amide bonds. The van der Waals surface area contributed by atoms with Crippen LogP contribution < -0.4 is 10.2 Å². The van der Waals surface area contributed by atoms with Gasteiger partial charge in [0.15, 0.2) is 0 Å². The van der Waals surface area contributed by atoms with E-state index in [1.807, 2.05) is 11.8 Å². The van der Waals surface area contributed by atoms with E-state index in [1.165, 1.54) is 0 Å². The summed E-state index contributed by atoms with van der Waals surface area (Å²) < 4.78 is 5.38. The van der Waals surface area contributed by atoms with Gasteiger partial charge >= 0.3 is 5.69 Å². The quantitative estimate of drug-likeness (QED) is 0.653. The summed E-state index contributed by atoms with van der Waals surface area (Å²) in [6, 6.07) is 0. The van der Waals surface area contributed by atoms with E-state index in [2.05, 4.69) is 15.3 Å². The van der Waals surface area contributed by atoms with Crippen molar-refractivity contribution in [2.75, 3.05) is 37.0 Å². The fourth-order valence-electron chi connectivity index (χ4n) is 2.55. The Kier molecular flexibility index (Phi) is 4.89. The van der Waals surface area contributed by atoms with E-state index >= 15 is 0 Å². The van der Waals surface area contributed by atoms with Crippen LogP contribution in [0.3, 0.4) is 0 Å². The van der Waals surface area contributed by atoms with Crippen LogP contribution in [0.25, 0.3) is 0 Å². The zero-order valence-electron chi connectivity index (χ0n) is 12.6. The van der Waals surface area contributed by atoms with Crippen LogP contribution in [0.4, 0.5) is 17.5 Å². The second kappa shape index (κ2) is 6.66. The molecule has 1 aliphatic heterocycles. The summed E-state index contributed by atoms with van der Waals surface area (Å²) >= 11 is 0. The molecular weight excluding hydrogens is 274 g/mol. The normalized spacial score (nSPS) is 18.6. The lowest BCUT2D eigenvalue weighted by molar-refractivity contribution is -0.385. The maximum absolute atomic E-state index is 11.4. The Morgan fingerprint density at radius 1 is 1.52 bits per heavy atom. The summed E-state index contributed by atoms with van der Waals surface area (Å²) in [7, 11) is 1.66. The predicted molar refractivity (Wildman–Crippen MR) is 79.8 cm³/mol. The van der Waals surface area contributed by atoms with E-state index in [-0.39, 0.29) is 11.8 Å². The molecule has 0 bridgehead atoms. The van der Waals surface area contributed by atoms with E-state index in [0.29, 0.717) is 30.5 Å². The first-order chi connectivity index (χ1) is 10.1. The molecule has 116 valence electrons. The Bertz CT molecular complexity index is 523. The molecule has 1 saturated heterocycles. The Labute approximate surface area is 123 Å². The first-order valence-electron chi connectivity index (χ1n) is 7.11. The molecule has 1 atom stereocenters. The van der Waals surface area contributed by atoms with Crippen molar-refractivity contribution in [3.8, 4) is 0 Å². The summed E-state index contributed by atoms with van der Waals surface area (Å²) in [5.41, 5.74) is 0.355. The third-order valence-electron chi connectivity index (χ3n) is 3.57. The highest BCUT2D eigenvalue weighted by atomic mass is 16.6. The Balaban J connectivity index is 2.41. The number of hydrogen-bond acceptors (Lipinski definition) is 7. The lowest BCUT2D eigenvalue weighted by Crippen LogP contribution is -2.40. The number of aromatic nitrogens is 2. The van der Waals surface area contributed by atoms with E-state index in [1.54, 1.807) is 14.0 Å². The van der Waals surface area contributed by atoms with Crippen LogP contribution in [0.15, 0.2) is 0 Å². The van der Waals surface area contributed by atoms with Gasteiger partial charge < -0.3 is 15.0 Å². The standard InChI is InChI=1S/C13H21N5O3/c1-4-14-13-15-9(2)11(18(19)20)12(16-13)17-7-5-6-10(8-17)21-3/h10H,4-8H2,1-3H3,(H,14,15,16). The van der Waals surface area contributed by atoms with Gasteiger partial charge in [0, 0.05) is 26.7 Å². The Hall–Kier alpha value is -1.96. The molecule has 1 N–H and O–H groups in total. The van der Waals surface area contributed by atoms with Gasteiger partial charge in [0.25, 0.3) is 0 Å².